The van der Waals surface area contributed by atoms with E-state index in [0.29, 0.717) is 6.04 Å². The summed E-state index contributed by atoms with van der Waals surface area (Å²) in [6.45, 7) is 0. The van der Waals surface area contributed by atoms with Crippen LogP contribution in [-0.2, 0) is 12.8 Å². The van der Waals surface area contributed by atoms with Gasteiger partial charge in [0.25, 0.3) is 0 Å². The monoisotopic (exact) mass is 387 g/mol. The molecule has 1 aliphatic rings. The van der Waals surface area contributed by atoms with Crippen LogP contribution in [0.15, 0.2) is 72.8 Å². The van der Waals surface area contributed by atoms with Gasteiger partial charge in [0, 0.05) is 18.4 Å². The van der Waals surface area contributed by atoms with Gasteiger partial charge in [-0.1, -0.05) is 85.6 Å². The van der Waals surface area contributed by atoms with E-state index in [4.69, 9.17) is 0 Å². The highest BCUT2D eigenvalue weighted by Crippen LogP contribution is 2.40. The van der Waals surface area contributed by atoms with Crippen LogP contribution < -0.4 is 0 Å². The van der Waals surface area contributed by atoms with Gasteiger partial charge in [-0.05, 0) is 55.3 Å². The third-order valence-corrected chi connectivity index (χ3v) is 6.80. The molecule has 0 aliphatic heterocycles. The van der Waals surface area contributed by atoms with Crippen LogP contribution >= 0.6 is 0 Å². The van der Waals surface area contributed by atoms with Gasteiger partial charge in [-0.25, -0.2) is 0 Å². The summed E-state index contributed by atoms with van der Waals surface area (Å²) in [5.41, 5.74) is 1.96. The molecule has 2 heteroatoms. The van der Waals surface area contributed by atoms with Gasteiger partial charge in [0.15, 0.2) is 0 Å². The molecule has 3 aromatic rings. The molecule has 1 aliphatic carbocycles. The van der Waals surface area contributed by atoms with Crippen LogP contribution in [0.25, 0.3) is 10.8 Å². The number of rotatable bonds is 6. The van der Waals surface area contributed by atoms with Crippen molar-refractivity contribution in [2.24, 2.45) is 5.92 Å². The zero-order chi connectivity index (χ0) is 20.3. The molecule has 0 spiro atoms. The van der Waals surface area contributed by atoms with E-state index in [2.05, 4.69) is 85.7 Å². The van der Waals surface area contributed by atoms with Gasteiger partial charge in [0.1, 0.15) is 0 Å². The van der Waals surface area contributed by atoms with Gasteiger partial charge in [-0.15, -0.1) is 0 Å². The molecule has 3 unspecified atom stereocenters. The summed E-state index contributed by atoms with van der Waals surface area (Å²) in [6, 6.07) is 26.2. The average molecular weight is 388 g/mol. The van der Waals surface area contributed by atoms with E-state index < -0.39 is 5.60 Å². The number of nitrogens with zero attached hydrogens (tertiary/aromatic N) is 1. The Kier molecular flexibility index (Phi) is 6.03. The van der Waals surface area contributed by atoms with Crippen LogP contribution in [0.2, 0.25) is 0 Å². The predicted molar refractivity (Wildman–Crippen MR) is 122 cm³/mol. The first-order valence-electron chi connectivity index (χ1n) is 11.0. The third kappa shape index (κ3) is 4.55. The zero-order valence-electron chi connectivity index (χ0n) is 17.7. The molecule has 2 nitrogen and oxygen atoms in total. The number of hydrogen-bond acceptors (Lipinski definition) is 2. The van der Waals surface area contributed by atoms with Crippen molar-refractivity contribution in [2.45, 2.75) is 50.2 Å². The van der Waals surface area contributed by atoms with E-state index in [-0.39, 0.29) is 5.92 Å². The molecule has 0 bridgehead atoms. The van der Waals surface area contributed by atoms with Crippen LogP contribution in [-0.4, -0.2) is 35.7 Å². The van der Waals surface area contributed by atoms with Crippen molar-refractivity contribution in [3.8, 4) is 0 Å². The van der Waals surface area contributed by atoms with Crippen LogP contribution in [0.1, 0.15) is 36.8 Å². The Labute approximate surface area is 175 Å². The quantitative estimate of drug-likeness (QED) is 0.606. The summed E-state index contributed by atoms with van der Waals surface area (Å²) in [5.74, 6) is 0.276. The number of hydrogen-bond donors (Lipinski definition) is 1. The van der Waals surface area contributed by atoms with E-state index in [0.717, 1.165) is 32.1 Å². The Morgan fingerprint density at radius 3 is 2.38 bits per heavy atom. The molecule has 0 aromatic heterocycles. The molecule has 1 fully saturated rings. The summed E-state index contributed by atoms with van der Waals surface area (Å²) >= 11 is 0. The molecule has 152 valence electrons. The number of fused-ring (bicyclic) bond motifs is 1. The highest BCUT2D eigenvalue weighted by atomic mass is 16.3. The lowest BCUT2D eigenvalue weighted by Gasteiger charge is -2.46. The van der Waals surface area contributed by atoms with E-state index in [1.165, 1.54) is 28.3 Å². The zero-order valence-corrected chi connectivity index (χ0v) is 17.7. The molecule has 29 heavy (non-hydrogen) atoms. The topological polar surface area (TPSA) is 23.5 Å². The first-order valence-corrected chi connectivity index (χ1v) is 11.0. The second-order valence-electron chi connectivity index (χ2n) is 9.03. The smallest absolute Gasteiger partial charge is 0.0731 e. The minimum Gasteiger partial charge on any atom is -0.389 e. The van der Waals surface area contributed by atoms with Crippen LogP contribution in [0.3, 0.4) is 0 Å². The van der Waals surface area contributed by atoms with Crippen molar-refractivity contribution in [3.63, 3.8) is 0 Å². The Morgan fingerprint density at radius 1 is 0.897 bits per heavy atom. The van der Waals surface area contributed by atoms with E-state index >= 15 is 0 Å². The number of aliphatic hydroxyl groups is 1. The molecule has 1 N–H and O–H groups in total. The van der Waals surface area contributed by atoms with E-state index in [1.807, 2.05) is 6.07 Å². The average Bonchev–Trinajstić information content (AvgIpc) is 2.73. The van der Waals surface area contributed by atoms with Crippen molar-refractivity contribution in [2.75, 3.05) is 14.1 Å². The Hall–Kier alpha value is -2.16. The summed E-state index contributed by atoms with van der Waals surface area (Å²) in [4.78, 5) is 2.33. The Bertz CT molecular complexity index is 935. The largest absolute Gasteiger partial charge is 0.389 e. The molecular formula is C27H33NO. The molecule has 4 rings (SSSR count). The van der Waals surface area contributed by atoms with Gasteiger partial charge < -0.3 is 10.0 Å². The summed E-state index contributed by atoms with van der Waals surface area (Å²) < 4.78 is 0. The van der Waals surface area contributed by atoms with Gasteiger partial charge in [-0.3, -0.25) is 0 Å². The lowest BCUT2D eigenvalue weighted by atomic mass is 9.68. The van der Waals surface area contributed by atoms with E-state index in [1.54, 1.807) is 0 Å². The molecule has 1 saturated carbocycles. The summed E-state index contributed by atoms with van der Waals surface area (Å²) in [6.07, 6.45) is 6.05. The van der Waals surface area contributed by atoms with Crippen molar-refractivity contribution >= 4 is 10.8 Å². The molecule has 3 aromatic carbocycles. The number of benzene rings is 3. The standard InChI is InChI=1S/C27H33NO/c1-28(2)26(19-22-15-16-23-12-6-7-13-24(23)18-22)25-14-8-9-17-27(25,29)20-21-10-4-3-5-11-21/h3-7,10-13,15-16,18,25-26,29H,8-9,14,17,19-20H2,1-2H3. The molecule has 0 saturated heterocycles. The van der Waals surface area contributed by atoms with Gasteiger partial charge in [0.05, 0.1) is 5.60 Å². The van der Waals surface area contributed by atoms with Crippen molar-refractivity contribution in [1.29, 1.82) is 0 Å². The third-order valence-electron chi connectivity index (χ3n) is 6.80. The lowest BCUT2D eigenvalue weighted by molar-refractivity contribution is -0.0758. The fraction of sp³-hybridized carbons (Fsp3) is 0.407. The maximum absolute atomic E-state index is 11.8. The molecule has 0 amide bonds. The second kappa shape index (κ2) is 8.69. The minimum atomic E-state index is -0.634. The van der Waals surface area contributed by atoms with E-state index in [9.17, 15) is 5.11 Å². The maximum atomic E-state index is 11.8. The number of likely N-dealkylation sites (N-methyl/N-ethyl adjacent to an activating group) is 1. The minimum absolute atomic E-state index is 0.276. The molecule has 3 atom stereocenters. The summed E-state index contributed by atoms with van der Waals surface area (Å²) in [7, 11) is 4.34. The van der Waals surface area contributed by atoms with Crippen molar-refractivity contribution in [1.82, 2.24) is 4.90 Å². The highest BCUT2D eigenvalue weighted by molar-refractivity contribution is 5.83. The van der Waals surface area contributed by atoms with Crippen LogP contribution in [0.5, 0.6) is 0 Å². The van der Waals surface area contributed by atoms with Crippen molar-refractivity contribution < 1.29 is 5.11 Å². The first kappa shape index (κ1) is 20.1. The Morgan fingerprint density at radius 2 is 1.62 bits per heavy atom. The van der Waals surface area contributed by atoms with Gasteiger partial charge in [0.2, 0.25) is 0 Å². The fourth-order valence-corrected chi connectivity index (χ4v) is 5.26. The molecule has 0 radical (unpaired) electrons. The van der Waals surface area contributed by atoms with Crippen LogP contribution in [0.4, 0.5) is 0 Å². The lowest BCUT2D eigenvalue weighted by Crippen LogP contribution is -2.53. The first-order chi connectivity index (χ1) is 14.0. The molecular weight excluding hydrogens is 354 g/mol. The van der Waals surface area contributed by atoms with Gasteiger partial charge >= 0.3 is 0 Å². The van der Waals surface area contributed by atoms with Gasteiger partial charge in [-0.2, -0.15) is 0 Å². The second-order valence-corrected chi connectivity index (χ2v) is 9.03. The normalized spacial score (nSPS) is 23.4. The summed E-state index contributed by atoms with van der Waals surface area (Å²) in [5, 5.41) is 14.4. The fourth-order valence-electron chi connectivity index (χ4n) is 5.26. The maximum Gasteiger partial charge on any atom is 0.0731 e. The SMILES string of the molecule is CN(C)C(Cc1ccc2ccccc2c1)C1CCCCC1(O)Cc1ccccc1. The van der Waals surface area contributed by atoms with Crippen LogP contribution in [0, 0.1) is 5.92 Å². The molecule has 0 heterocycles. The highest BCUT2D eigenvalue weighted by Gasteiger charge is 2.43. The Balaban J connectivity index is 1.61. The van der Waals surface area contributed by atoms with Crippen molar-refractivity contribution in [3.05, 3.63) is 83.9 Å². The predicted octanol–water partition coefficient (Wildman–Crippen LogP) is 5.48.